The van der Waals surface area contributed by atoms with E-state index in [2.05, 4.69) is 10.6 Å². The SMILES string of the molecule is COc1cc2c(c(OC)c1OC)-c1ccc(SC)c(=O)cc1C(NC(=O)CSSCC(=O)N[C@H]1CCc3cc(OC)c(OC)c(OC)c3-c3ccc(SC)c(=O)cc31)CC2. The molecule has 0 spiro atoms. The maximum Gasteiger partial charge on any atom is 0.231 e. The number of ether oxygens (including phenoxy) is 6. The Hall–Kier alpha value is -4.64. The molecule has 0 radical (unpaired) electrons. The molecule has 0 fully saturated rings. The van der Waals surface area contributed by atoms with Gasteiger partial charge in [-0.1, -0.05) is 33.7 Å². The predicted octanol–water partition coefficient (Wildman–Crippen LogP) is 7.53. The molecule has 0 saturated carbocycles. The molecule has 0 aliphatic heterocycles. The van der Waals surface area contributed by atoms with Gasteiger partial charge in [-0.15, -0.1) is 23.5 Å². The van der Waals surface area contributed by atoms with Crippen molar-refractivity contribution in [3.8, 4) is 56.8 Å². The van der Waals surface area contributed by atoms with E-state index in [-0.39, 0.29) is 34.2 Å². The van der Waals surface area contributed by atoms with Crippen LogP contribution in [0.15, 0.2) is 67.9 Å². The summed E-state index contributed by atoms with van der Waals surface area (Å²) in [5.74, 6) is 2.54. The molecule has 2 N–H and O–H groups in total. The molecule has 2 amide bonds. The summed E-state index contributed by atoms with van der Waals surface area (Å²) in [5, 5.41) is 6.33. The summed E-state index contributed by atoms with van der Waals surface area (Å²) in [7, 11) is 11.9. The van der Waals surface area contributed by atoms with Gasteiger partial charge in [0.05, 0.1) is 76.0 Å². The zero-order chi connectivity index (χ0) is 43.1. The van der Waals surface area contributed by atoms with Gasteiger partial charge in [0.25, 0.3) is 0 Å². The van der Waals surface area contributed by atoms with Crippen LogP contribution in [0.4, 0.5) is 0 Å². The van der Waals surface area contributed by atoms with Crippen molar-refractivity contribution in [2.24, 2.45) is 0 Å². The summed E-state index contributed by atoms with van der Waals surface area (Å²) >= 11 is 2.71. The molecular formula is C44H48N2O10S4. The molecule has 1 unspecified atom stereocenters. The van der Waals surface area contributed by atoms with Gasteiger partial charge < -0.3 is 39.1 Å². The van der Waals surface area contributed by atoms with Gasteiger partial charge in [-0.2, -0.15) is 0 Å². The number of rotatable bonds is 15. The maximum absolute atomic E-state index is 13.6. The van der Waals surface area contributed by atoms with Crippen LogP contribution in [0.5, 0.6) is 34.5 Å². The second-order valence-electron chi connectivity index (χ2n) is 13.8. The number of fused-ring (bicyclic) bond motifs is 6. The summed E-state index contributed by atoms with van der Waals surface area (Å²) in [4.78, 5) is 55.0. The Morgan fingerprint density at radius 3 is 1.28 bits per heavy atom. The van der Waals surface area contributed by atoms with Gasteiger partial charge in [-0.3, -0.25) is 19.2 Å². The van der Waals surface area contributed by atoms with Crippen molar-refractivity contribution in [3.63, 3.8) is 0 Å². The molecule has 2 atom stereocenters. The Labute approximate surface area is 366 Å². The monoisotopic (exact) mass is 892 g/mol. The molecule has 2 aliphatic rings. The van der Waals surface area contributed by atoms with E-state index in [9.17, 15) is 19.2 Å². The minimum absolute atomic E-state index is 0.0683. The fourth-order valence-electron chi connectivity index (χ4n) is 7.90. The Balaban J connectivity index is 1.18. The normalized spacial score (nSPS) is 15.1. The fraction of sp³-hybridized carbons (Fsp3) is 0.364. The van der Waals surface area contributed by atoms with Crippen LogP contribution < -0.4 is 49.9 Å². The first-order valence-electron chi connectivity index (χ1n) is 19.0. The van der Waals surface area contributed by atoms with E-state index < -0.39 is 12.1 Å². The molecule has 12 nitrogen and oxygen atoms in total. The lowest BCUT2D eigenvalue weighted by Crippen LogP contribution is -2.31. The van der Waals surface area contributed by atoms with Crippen molar-refractivity contribution in [2.45, 2.75) is 47.6 Å². The number of thioether (sulfide) groups is 2. The Morgan fingerprint density at radius 2 is 0.950 bits per heavy atom. The molecule has 2 aliphatic carbocycles. The zero-order valence-corrected chi connectivity index (χ0v) is 38.0. The number of hydrogen-bond acceptors (Lipinski definition) is 14. The second-order valence-corrected chi connectivity index (χ2v) is 17.9. The highest BCUT2D eigenvalue weighted by Crippen LogP contribution is 2.52. The van der Waals surface area contributed by atoms with Crippen molar-refractivity contribution in [3.05, 3.63) is 91.2 Å². The minimum atomic E-state index is -0.484. The number of methoxy groups -OCH3 is 6. The zero-order valence-electron chi connectivity index (χ0n) is 34.7. The van der Waals surface area contributed by atoms with Crippen LogP contribution in [0.1, 0.15) is 47.2 Å². The van der Waals surface area contributed by atoms with Crippen LogP contribution in [0, 0.1) is 0 Å². The first kappa shape index (κ1) is 44.9. The van der Waals surface area contributed by atoms with Gasteiger partial charge in [0.15, 0.2) is 33.9 Å². The van der Waals surface area contributed by atoms with Gasteiger partial charge in [0.1, 0.15) is 0 Å². The smallest absolute Gasteiger partial charge is 0.231 e. The van der Waals surface area contributed by atoms with Crippen molar-refractivity contribution < 1.29 is 38.0 Å². The van der Waals surface area contributed by atoms with Crippen LogP contribution in [0.3, 0.4) is 0 Å². The van der Waals surface area contributed by atoms with Crippen LogP contribution in [0.25, 0.3) is 22.3 Å². The number of carbonyl (C=O) groups excluding carboxylic acids is 2. The fourth-order valence-corrected chi connectivity index (χ4v) is 10.5. The number of aryl methyl sites for hydroxylation is 2. The molecule has 318 valence electrons. The number of carbonyl (C=O) groups is 2. The van der Waals surface area contributed by atoms with E-state index in [1.54, 1.807) is 66.9 Å². The first-order valence-corrected chi connectivity index (χ1v) is 23.9. The van der Waals surface area contributed by atoms with Gasteiger partial charge in [0.2, 0.25) is 23.3 Å². The molecule has 0 aromatic heterocycles. The van der Waals surface area contributed by atoms with E-state index in [0.29, 0.717) is 81.1 Å². The predicted molar refractivity (Wildman–Crippen MR) is 242 cm³/mol. The van der Waals surface area contributed by atoms with Crippen molar-refractivity contribution in [1.29, 1.82) is 0 Å². The van der Waals surface area contributed by atoms with Gasteiger partial charge in [-0.05, 0) is 108 Å². The molecule has 0 bridgehead atoms. The highest BCUT2D eigenvalue weighted by Gasteiger charge is 2.32. The number of nitrogens with one attached hydrogen (secondary N) is 2. The van der Waals surface area contributed by atoms with E-state index >= 15 is 0 Å². The molecule has 0 saturated heterocycles. The van der Waals surface area contributed by atoms with Gasteiger partial charge in [-0.25, -0.2) is 0 Å². The molecule has 16 heteroatoms. The van der Waals surface area contributed by atoms with Crippen LogP contribution in [-0.4, -0.2) is 78.5 Å². The van der Waals surface area contributed by atoms with E-state index in [0.717, 1.165) is 33.4 Å². The Bertz CT molecular complexity index is 2250. The number of hydrogen-bond donors (Lipinski definition) is 2. The quantitative estimate of drug-likeness (QED) is 0.0689. The van der Waals surface area contributed by atoms with Crippen LogP contribution in [0.2, 0.25) is 0 Å². The van der Waals surface area contributed by atoms with Crippen molar-refractivity contribution in [2.75, 3.05) is 66.7 Å². The third-order valence-electron chi connectivity index (χ3n) is 10.6. The average molecular weight is 893 g/mol. The van der Waals surface area contributed by atoms with E-state index in [4.69, 9.17) is 28.4 Å². The largest absolute Gasteiger partial charge is 0.493 e. The highest BCUT2D eigenvalue weighted by molar-refractivity contribution is 8.77. The number of amides is 2. The summed E-state index contributed by atoms with van der Waals surface area (Å²) in [5.41, 5.74) is 6.00. The van der Waals surface area contributed by atoms with Crippen molar-refractivity contribution in [1.82, 2.24) is 10.6 Å². The van der Waals surface area contributed by atoms with Gasteiger partial charge in [0, 0.05) is 11.1 Å². The number of benzene rings is 2. The lowest BCUT2D eigenvalue weighted by molar-refractivity contribution is -0.120. The third kappa shape index (κ3) is 9.16. The molecule has 0 heterocycles. The molecule has 6 rings (SSSR count). The molecule has 60 heavy (non-hydrogen) atoms. The second kappa shape index (κ2) is 20.3. The molecule has 4 aromatic carbocycles. The molecular weight excluding hydrogens is 845 g/mol. The van der Waals surface area contributed by atoms with Gasteiger partial charge >= 0.3 is 0 Å². The first-order chi connectivity index (χ1) is 29.0. The van der Waals surface area contributed by atoms with E-state index in [1.165, 1.54) is 45.1 Å². The summed E-state index contributed by atoms with van der Waals surface area (Å²) in [6, 6.07) is 13.5. The summed E-state index contributed by atoms with van der Waals surface area (Å²) in [6.45, 7) is 0. The van der Waals surface area contributed by atoms with Crippen molar-refractivity contribution >= 4 is 56.9 Å². The van der Waals surface area contributed by atoms with Crippen LogP contribution >= 0.6 is 45.1 Å². The minimum Gasteiger partial charge on any atom is -0.493 e. The average Bonchev–Trinajstić information content (AvgIpc) is 3.65. The highest BCUT2D eigenvalue weighted by atomic mass is 33.1. The summed E-state index contributed by atoms with van der Waals surface area (Å²) < 4.78 is 34.5. The Kier molecular flexibility index (Phi) is 15.2. The Morgan fingerprint density at radius 1 is 0.567 bits per heavy atom. The lowest BCUT2D eigenvalue weighted by Gasteiger charge is -2.20. The summed E-state index contributed by atoms with van der Waals surface area (Å²) in [6.07, 6.45) is 5.86. The lowest BCUT2D eigenvalue weighted by atomic mass is 9.95. The standard InChI is InChI=1S/C44H48N2O10S4/c1-51-33-17-23-9-13-29(27-19-31(47)35(57-7)15-11-25(27)39(23)43(55-5)41(33)53-3)45-37(49)21-59-60-22-38(50)46-30-14-10-24-18-34(52-2)42(54-4)44(56-6)40(24)26-12-16-36(58-8)32(48)20-28(26)30/h11-12,15-20,29-30H,9-10,13-14,21-22H2,1-8H3,(H,45,49)(H,46,50)/t29-,30?/m0/s1. The topological polar surface area (TPSA) is 148 Å². The maximum atomic E-state index is 13.6. The molecule has 4 aromatic rings. The third-order valence-corrected chi connectivity index (χ3v) is 14.3. The van der Waals surface area contributed by atoms with Crippen LogP contribution in [-0.2, 0) is 22.4 Å². The van der Waals surface area contributed by atoms with E-state index in [1.807, 2.05) is 36.8 Å².